The zero-order valence-electron chi connectivity index (χ0n) is 9.11. The van der Waals surface area contributed by atoms with Gasteiger partial charge in [0.15, 0.2) is 0 Å². The van der Waals surface area contributed by atoms with Crippen molar-refractivity contribution in [2.24, 2.45) is 0 Å². The Morgan fingerprint density at radius 2 is 2.12 bits per heavy atom. The molecule has 1 aromatic carbocycles. The number of halogens is 2. The third-order valence-electron chi connectivity index (χ3n) is 2.17. The van der Waals surface area contributed by atoms with Gasteiger partial charge in [-0.05, 0) is 18.2 Å². The molecule has 0 aliphatic carbocycles. The van der Waals surface area contributed by atoms with E-state index in [9.17, 15) is 14.0 Å². The standard InChI is InChI=1S/C11H11ClFNO3/c1-14(5-4-10(15)16)11(17)8-6-7(12)2-3-9(8)13/h2-3,6H,4-5H2,1H3,(H,15,16). The lowest BCUT2D eigenvalue weighted by molar-refractivity contribution is -0.137. The fourth-order valence-electron chi connectivity index (χ4n) is 1.23. The van der Waals surface area contributed by atoms with Crippen LogP contribution >= 0.6 is 11.6 Å². The number of hydrogen-bond donors (Lipinski definition) is 1. The van der Waals surface area contributed by atoms with Crippen molar-refractivity contribution in [1.82, 2.24) is 4.90 Å². The second kappa shape index (κ2) is 5.63. The molecule has 0 fully saturated rings. The van der Waals surface area contributed by atoms with Crippen molar-refractivity contribution in [3.8, 4) is 0 Å². The number of carboxylic acids is 1. The number of benzene rings is 1. The first-order chi connectivity index (χ1) is 7.91. The maximum Gasteiger partial charge on any atom is 0.305 e. The highest BCUT2D eigenvalue weighted by Gasteiger charge is 2.17. The van der Waals surface area contributed by atoms with Crippen LogP contribution in [0.15, 0.2) is 18.2 Å². The van der Waals surface area contributed by atoms with Gasteiger partial charge in [-0.1, -0.05) is 11.6 Å². The number of rotatable bonds is 4. The summed E-state index contributed by atoms with van der Waals surface area (Å²) in [5.74, 6) is -2.29. The van der Waals surface area contributed by atoms with E-state index in [1.54, 1.807) is 0 Å². The molecule has 1 N–H and O–H groups in total. The Morgan fingerprint density at radius 1 is 1.47 bits per heavy atom. The molecule has 1 amide bonds. The molecular formula is C11H11ClFNO3. The van der Waals surface area contributed by atoms with Crippen molar-refractivity contribution in [2.75, 3.05) is 13.6 Å². The minimum atomic E-state index is -1.02. The van der Waals surface area contributed by atoms with Gasteiger partial charge in [-0.3, -0.25) is 9.59 Å². The molecule has 0 aliphatic rings. The summed E-state index contributed by atoms with van der Waals surface area (Å²) >= 11 is 5.66. The highest BCUT2D eigenvalue weighted by atomic mass is 35.5. The highest BCUT2D eigenvalue weighted by Crippen LogP contribution is 2.16. The Morgan fingerprint density at radius 3 is 2.71 bits per heavy atom. The summed E-state index contributed by atoms with van der Waals surface area (Å²) in [6.07, 6.45) is -0.190. The average molecular weight is 260 g/mol. The Hall–Kier alpha value is -1.62. The SMILES string of the molecule is CN(CCC(=O)O)C(=O)c1cc(Cl)ccc1F. The summed E-state index contributed by atoms with van der Waals surface area (Å²) in [5.41, 5.74) is -0.162. The molecule has 0 saturated carbocycles. The van der Waals surface area contributed by atoms with E-state index in [1.165, 1.54) is 19.2 Å². The monoisotopic (exact) mass is 259 g/mol. The molecule has 92 valence electrons. The lowest BCUT2D eigenvalue weighted by Gasteiger charge is -2.16. The smallest absolute Gasteiger partial charge is 0.305 e. The maximum atomic E-state index is 13.4. The molecule has 1 rings (SSSR count). The molecular weight excluding hydrogens is 249 g/mol. The molecule has 0 saturated heterocycles. The van der Waals surface area contributed by atoms with Crippen LogP contribution in [0.5, 0.6) is 0 Å². The van der Waals surface area contributed by atoms with Crippen LogP contribution in [0.25, 0.3) is 0 Å². The van der Waals surface area contributed by atoms with E-state index in [0.717, 1.165) is 11.0 Å². The van der Waals surface area contributed by atoms with Crippen LogP contribution in [0.1, 0.15) is 16.8 Å². The summed E-state index contributed by atoms with van der Waals surface area (Å²) in [4.78, 5) is 23.3. The van der Waals surface area contributed by atoms with Gasteiger partial charge < -0.3 is 10.0 Å². The van der Waals surface area contributed by atoms with Crippen molar-refractivity contribution < 1.29 is 19.1 Å². The van der Waals surface area contributed by atoms with Crippen LogP contribution in [0, 0.1) is 5.82 Å². The summed E-state index contributed by atoms with van der Waals surface area (Å²) in [6.45, 7) is 0.0140. The first-order valence-electron chi connectivity index (χ1n) is 4.84. The van der Waals surface area contributed by atoms with Gasteiger partial charge >= 0.3 is 5.97 Å². The van der Waals surface area contributed by atoms with E-state index in [-0.39, 0.29) is 23.6 Å². The molecule has 4 nitrogen and oxygen atoms in total. The van der Waals surface area contributed by atoms with Gasteiger partial charge in [0.2, 0.25) is 0 Å². The number of carboxylic acid groups (broad SMARTS) is 1. The fraction of sp³-hybridized carbons (Fsp3) is 0.273. The molecule has 0 bridgehead atoms. The molecule has 0 unspecified atom stereocenters. The van der Waals surface area contributed by atoms with Gasteiger partial charge in [0.05, 0.1) is 12.0 Å². The summed E-state index contributed by atoms with van der Waals surface area (Å²) in [5, 5.41) is 8.73. The van der Waals surface area contributed by atoms with Crippen LogP contribution in [0.2, 0.25) is 5.02 Å². The van der Waals surface area contributed by atoms with Gasteiger partial charge in [-0.25, -0.2) is 4.39 Å². The zero-order chi connectivity index (χ0) is 13.0. The van der Waals surface area contributed by atoms with E-state index in [0.29, 0.717) is 0 Å². The topological polar surface area (TPSA) is 57.6 Å². The second-order valence-electron chi connectivity index (χ2n) is 3.49. The Balaban J connectivity index is 2.81. The number of nitrogens with zero attached hydrogens (tertiary/aromatic N) is 1. The van der Waals surface area contributed by atoms with Gasteiger partial charge in [-0.2, -0.15) is 0 Å². The van der Waals surface area contributed by atoms with Crippen molar-refractivity contribution in [2.45, 2.75) is 6.42 Å². The molecule has 0 radical (unpaired) electrons. The largest absolute Gasteiger partial charge is 0.481 e. The molecule has 0 atom stereocenters. The second-order valence-corrected chi connectivity index (χ2v) is 3.93. The fourth-order valence-corrected chi connectivity index (χ4v) is 1.40. The predicted octanol–water partition coefficient (Wildman–Crippen LogP) is 2.03. The average Bonchev–Trinajstić information content (AvgIpc) is 2.28. The third kappa shape index (κ3) is 3.71. The minimum absolute atomic E-state index is 0.0140. The van der Waals surface area contributed by atoms with Gasteiger partial charge in [0.25, 0.3) is 5.91 Å². The van der Waals surface area contributed by atoms with Crippen LogP contribution in [0.4, 0.5) is 4.39 Å². The predicted molar refractivity (Wildman–Crippen MR) is 60.6 cm³/mol. The van der Waals surface area contributed by atoms with E-state index in [1.807, 2.05) is 0 Å². The van der Waals surface area contributed by atoms with Gasteiger partial charge in [-0.15, -0.1) is 0 Å². The Labute approximate surface area is 103 Å². The maximum absolute atomic E-state index is 13.4. The quantitative estimate of drug-likeness (QED) is 0.900. The van der Waals surface area contributed by atoms with E-state index < -0.39 is 17.7 Å². The van der Waals surface area contributed by atoms with Gasteiger partial charge in [0, 0.05) is 18.6 Å². The lowest BCUT2D eigenvalue weighted by atomic mass is 10.2. The van der Waals surface area contributed by atoms with Crippen LogP contribution in [-0.4, -0.2) is 35.5 Å². The number of amides is 1. The molecule has 17 heavy (non-hydrogen) atoms. The van der Waals surface area contributed by atoms with Crippen molar-refractivity contribution in [3.63, 3.8) is 0 Å². The van der Waals surface area contributed by atoms with E-state index in [4.69, 9.17) is 16.7 Å². The minimum Gasteiger partial charge on any atom is -0.481 e. The Kier molecular flexibility index (Phi) is 4.45. The molecule has 0 aromatic heterocycles. The van der Waals surface area contributed by atoms with E-state index >= 15 is 0 Å². The molecule has 0 aliphatic heterocycles. The Bertz CT molecular complexity index is 450. The first-order valence-corrected chi connectivity index (χ1v) is 5.22. The van der Waals surface area contributed by atoms with Crippen LogP contribution < -0.4 is 0 Å². The van der Waals surface area contributed by atoms with Crippen molar-refractivity contribution in [3.05, 3.63) is 34.6 Å². The summed E-state index contributed by atoms with van der Waals surface area (Å²) < 4.78 is 13.4. The number of hydrogen-bond acceptors (Lipinski definition) is 2. The third-order valence-corrected chi connectivity index (χ3v) is 2.40. The summed E-state index contributed by atoms with van der Waals surface area (Å²) in [7, 11) is 1.41. The number of aliphatic carboxylic acids is 1. The number of carbonyl (C=O) groups excluding carboxylic acids is 1. The highest BCUT2D eigenvalue weighted by molar-refractivity contribution is 6.30. The molecule has 6 heteroatoms. The normalized spacial score (nSPS) is 10.1. The first kappa shape index (κ1) is 13.4. The van der Waals surface area contributed by atoms with Gasteiger partial charge in [0.1, 0.15) is 5.82 Å². The van der Waals surface area contributed by atoms with Crippen LogP contribution in [-0.2, 0) is 4.79 Å². The van der Waals surface area contributed by atoms with Crippen molar-refractivity contribution >= 4 is 23.5 Å². The lowest BCUT2D eigenvalue weighted by Crippen LogP contribution is -2.29. The number of carbonyl (C=O) groups is 2. The summed E-state index contributed by atoms with van der Waals surface area (Å²) in [6, 6.07) is 3.65. The zero-order valence-corrected chi connectivity index (χ0v) is 9.87. The van der Waals surface area contributed by atoms with Crippen LogP contribution in [0.3, 0.4) is 0 Å². The molecule has 1 aromatic rings. The van der Waals surface area contributed by atoms with Crippen molar-refractivity contribution in [1.29, 1.82) is 0 Å². The van der Waals surface area contributed by atoms with E-state index in [2.05, 4.69) is 0 Å². The molecule has 0 spiro atoms. The molecule has 0 heterocycles.